The Bertz CT molecular complexity index is 1040. The molecule has 7 nitrogen and oxygen atoms in total. The van der Waals surface area contributed by atoms with E-state index in [9.17, 15) is 9.59 Å². The number of fused-ring (bicyclic) bond motifs is 1. The fraction of sp³-hybridized carbons (Fsp3) is 0.348. The molecule has 2 N–H and O–H groups in total. The summed E-state index contributed by atoms with van der Waals surface area (Å²) in [6.07, 6.45) is 0. The molecule has 1 atom stereocenters. The van der Waals surface area contributed by atoms with Crippen LogP contribution in [-0.2, 0) is 11.3 Å². The predicted molar refractivity (Wildman–Crippen MR) is 124 cm³/mol. The lowest BCUT2D eigenvalue weighted by atomic mass is 10.1. The Balaban J connectivity index is 1.32. The Labute approximate surface area is 186 Å². The molecule has 0 radical (unpaired) electrons. The van der Waals surface area contributed by atoms with Gasteiger partial charge >= 0.3 is 0 Å². The van der Waals surface area contributed by atoms with Gasteiger partial charge in [-0.1, -0.05) is 12.1 Å². The van der Waals surface area contributed by atoms with E-state index >= 15 is 0 Å². The molecule has 2 heterocycles. The summed E-state index contributed by atoms with van der Waals surface area (Å²) >= 11 is 1.64. The molecular formula is C23H27N5O2S. The number of primary amides is 1. The molecule has 1 aromatic heterocycles. The highest BCUT2D eigenvalue weighted by molar-refractivity contribution is 7.18. The zero-order valence-corrected chi connectivity index (χ0v) is 18.6. The number of hydrogen-bond acceptors (Lipinski definition) is 6. The van der Waals surface area contributed by atoms with Gasteiger partial charge in [-0.05, 0) is 43.3 Å². The van der Waals surface area contributed by atoms with Crippen molar-refractivity contribution in [2.45, 2.75) is 19.5 Å². The monoisotopic (exact) mass is 437 g/mol. The third kappa shape index (κ3) is 4.70. The quantitative estimate of drug-likeness (QED) is 0.641. The molecule has 0 spiro atoms. The van der Waals surface area contributed by atoms with Crippen molar-refractivity contribution < 1.29 is 9.59 Å². The van der Waals surface area contributed by atoms with E-state index in [0.29, 0.717) is 12.1 Å². The van der Waals surface area contributed by atoms with Gasteiger partial charge in [-0.2, -0.15) is 0 Å². The Hall–Kier alpha value is -2.97. The lowest BCUT2D eigenvalue weighted by Crippen LogP contribution is -2.54. The van der Waals surface area contributed by atoms with Crippen molar-refractivity contribution in [3.05, 3.63) is 59.1 Å². The minimum absolute atomic E-state index is 0.110. The molecule has 2 aromatic carbocycles. The average Bonchev–Trinajstić information content (AvgIpc) is 3.20. The molecule has 31 heavy (non-hydrogen) atoms. The summed E-state index contributed by atoms with van der Waals surface area (Å²) < 4.78 is 1.14. The van der Waals surface area contributed by atoms with Crippen molar-refractivity contribution in [1.29, 1.82) is 0 Å². The first-order valence-corrected chi connectivity index (χ1v) is 11.2. The zero-order chi connectivity index (χ0) is 22.0. The Morgan fingerprint density at radius 2 is 1.77 bits per heavy atom. The van der Waals surface area contributed by atoms with E-state index in [1.165, 1.54) is 0 Å². The molecule has 2 amide bonds. The van der Waals surface area contributed by atoms with Crippen LogP contribution in [0, 0.1) is 0 Å². The SMILES string of the molecule is CC(C(=O)N(C)Cc1nc2ccccc2s1)N1CCN(c2ccc(C(N)=O)cc2)CC1. The van der Waals surface area contributed by atoms with Crippen LogP contribution >= 0.6 is 11.3 Å². The van der Waals surface area contributed by atoms with Crippen LogP contribution in [0.1, 0.15) is 22.3 Å². The molecule has 162 valence electrons. The number of hydrogen-bond donors (Lipinski definition) is 1. The maximum absolute atomic E-state index is 13.0. The molecule has 0 bridgehead atoms. The van der Waals surface area contributed by atoms with E-state index in [4.69, 9.17) is 5.73 Å². The van der Waals surface area contributed by atoms with E-state index in [1.54, 1.807) is 28.4 Å². The van der Waals surface area contributed by atoms with E-state index in [2.05, 4.69) is 20.9 Å². The molecule has 3 aromatic rings. The summed E-state index contributed by atoms with van der Waals surface area (Å²) in [4.78, 5) is 35.2. The van der Waals surface area contributed by atoms with Crippen LogP contribution in [0.3, 0.4) is 0 Å². The molecule has 1 aliphatic rings. The predicted octanol–water partition coefficient (Wildman–Crippen LogP) is 2.56. The highest BCUT2D eigenvalue weighted by Gasteiger charge is 2.28. The van der Waals surface area contributed by atoms with Gasteiger partial charge in [-0.15, -0.1) is 11.3 Å². The van der Waals surface area contributed by atoms with E-state index < -0.39 is 5.91 Å². The summed E-state index contributed by atoms with van der Waals surface area (Å²) in [7, 11) is 1.85. The van der Waals surface area contributed by atoms with Crippen LogP contribution < -0.4 is 10.6 Å². The summed E-state index contributed by atoms with van der Waals surface area (Å²) in [5.74, 6) is -0.308. The van der Waals surface area contributed by atoms with Gasteiger partial charge in [0.15, 0.2) is 0 Å². The van der Waals surface area contributed by atoms with Crippen LogP contribution in [0.2, 0.25) is 0 Å². The minimum atomic E-state index is -0.418. The van der Waals surface area contributed by atoms with Crippen LogP contribution in [0.25, 0.3) is 10.2 Å². The molecule has 8 heteroatoms. The number of aromatic nitrogens is 1. The second-order valence-electron chi connectivity index (χ2n) is 7.88. The number of likely N-dealkylation sites (N-methyl/N-ethyl adjacent to an activating group) is 1. The van der Waals surface area contributed by atoms with Crippen molar-refractivity contribution in [1.82, 2.24) is 14.8 Å². The first-order valence-electron chi connectivity index (χ1n) is 10.4. The number of nitrogens with zero attached hydrogens (tertiary/aromatic N) is 4. The minimum Gasteiger partial charge on any atom is -0.369 e. The molecule has 1 unspecified atom stereocenters. The molecule has 1 saturated heterocycles. The normalized spacial score (nSPS) is 15.7. The number of piperazine rings is 1. The number of rotatable bonds is 6. The molecule has 1 aliphatic heterocycles. The van der Waals surface area contributed by atoms with Gasteiger partial charge in [0.1, 0.15) is 5.01 Å². The van der Waals surface area contributed by atoms with Gasteiger partial charge in [0.25, 0.3) is 0 Å². The third-order valence-electron chi connectivity index (χ3n) is 5.82. The second kappa shape index (κ2) is 9.03. The number of thiazole rings is 1. The van der Waals surface area contributed by atoms with Gasteiger partial charge in [-0.3, -0.25) is 14.5 Å². The first kappa shape index (κ1) is 21.3. The van der Waals surface area contributed by atoms with Crippen LogP contribution in [-0.4, -0.2) is 65.9 Å². The maximum atomic E-state index is 13.0. The summed E-state index contributed by atoms with van der Waals surface area (Å²) in [6, 6.07) is 15.2. The van der Waals surface area contributed by atoms with Crippen molar-refractivity contribution in [3.8, 4) is 0 Å². The van der Waals surface area contributed by atoms with Gasteiger partial charge in [0.2, 0.25) is 11.8 Å². The van der Waals surface area contributed by atoms with Gasteiger partial charge < -0.3 is 15.5 Å². The van der Waals surface area contributed by atoms with Gasteiger partial charge in [0, 0.05) is 44.5 Å². The highest BCUT2D eigenvalue weighted by atomic mass is 32.1. The summed E-state index contributed by atoms with van der Waals surface area (Å²) in [5.41, 5.74) is 7.88. The lowest BCUT2D eigenvalue weighted by Gasteiger charge is -2.39. The van der Waals surface area contributed by atoms with Crippen LogP contribution in [0.15, 0.2) is 48.5 Å². The fourth-order valence-corrected chi connectivity index (χ4v) is 4.97. The zero-order valence-electron chi connectivity index (χ0n) is 17.8. The topological polar surface area (TPSA) is 82.8 Å². The van der Waals surface area contributed by atoms with Crippen molar-refractivity contribution in [2.75, 3.05) is 38.1 Å². The first-order chi connectivity index (χ1) is 14.9. The van der Waals surface area contributed by atoms with E-state index in [1.807, 2.05) is 44.3 Å². The van der Waals surface area contributed by atoms with Crippen LogP contribution in [0.5, 0.6) is 0 Å². The molecule has 0 saturated carbocycles. The summed E-state index contributed by atoms with van der Waals surface area (Å²) in [5, 5.41) is 0.952. The van der Waals surface area contributed by atoms with E-state index in [-0.39, 0.29) is 11.9 Å². The smallest absolute Gasteiger partial charge is 0.248 e. The number of anilines is 1. The van der Waals surface area contributed by atoms with Crippen molar-refractivity contribution in [2.24, 2.45) is 5.73 Å². The Morgan fingerprint density at radius 3 is 2.42 bits per heavy atom. The molecular weight excluding hydrogens is 410 g/mol. The Kier molecular flexibility index (Phi) is 6.20. The number of nitrogens with two attached hydrogens (primary N) is 1. The van der Waals surface area contributed by atoms with E-state index in [0.717, 1.165) is 47.1 Å². The van der Waals surface area contributed by atoms with Gasteiger partial charge in [0.05, 0.1) is 22.8 Å². The van der Waals surface area contributed by atoms with Gasteiger partial charge in [-0.25, -0.2) is 4.98 Å². The maximum Gasteiger partial charge on any atom is 0.248 e. The number of carbonyl (C=O) groups is 2. The Morgan fingerprint density at radius 1 is 1.10 bits per heavy atom. The average molecular weight is 438 g/mol. The van der Waals surface area contributed by atoms with Crippen molar-refractivity contribution in [3.63, 3.8) is 0 Å². The number of amides is 2. The standard InChI is InChI=1S/C23H27N5O2S/c1-16(23(30)26(2)15-21-25-19-5-3-4-6-20(19)31-21)27-11-13-28(14-12-27)18-9-7-17(8-10-18)22(24)29/h3-10,16H,11-15H2,1-2H3,(H2,24,29). The highest BCUT2D eigenvalue weighted by Crippen LogP contribution is 2.23. The summed E-state index contributed by atoms with van der Waals surface area (Å²) in [6.45, 7) is 5.77. The number of carbonyl (C=O) groups excluding carboxylic acids is 2. The van der Waals surface area contributed by atoms with Crippen molar-refractivity contribution >= 4 is 39.1 Å². The largest absolute Gasteiger partial charge is 0.369 e. The van der Waals surface area contributed by atoms with Crippen LogP contribution in [0.4, 0.5) is 5.69 Å². The number of benzene rings is 2. The molecule has 4 rings (SSSR count). The molecule has 0 aliphatic carbocycles. The number of para-hydroxylation sites is 1. The second-order valence-corrected chi connectivity index (χ2v) is 8.99. The molecule has 1 fully saturated rings. The fourth-order valence-electron chi connectivity index (χ4n) is 3.95. The third-order valence-corrected chi connectivity index (χ3v) is 6.84. The lowest BCUT2D eigenvalue weighted by molar-refractivity contribution is -0.135.